The quantitative estimate of drug-likeness (QED) is 0.800. The molecule has 3 rings (SSSR count). The molecule has 0 aliphatic carbocycles. The van der Waals surface area contributed by atoms with Gasteiger partial charge in [0.05, 0.1) is 12.1 Å². The van der Waals surface area contributed by atoms with Crippen LogP contribution in [0.2, 0.25) is 0 Å². The summed E-state index contributed by atoms with van der Waals surface area (Å²) in [5.41, 5.74) is 2.53. The van der Waals surface area contributed by atoms with Crippen LogP contribution in [0.15, 0.2) is 36.7 Å². The maximum atomic E-state index is 12.5. The van der Waals surface area contributed by atoms with E-state index < -0.39 is 0 Å². The van der Waals surface area contributed by atoms with Crippen LogP contribution in [0.4, 0.5) is 0 Å². The molecule has 21 heavy (non-hydrogen) atoms. The molecule has 0 bridgehead atoms. The normalized spacial score (nSPS) is 18.8. The number of carbonyl (C=O) groups is 1. The number of benzene rings is 1. The van der Waals surface area contributed by atoms with Gasteiger partial charge < -0.3 is 15.6 Å². The third-order valence-electron chi connectivity index (χ3n) is 3.97. The van der Waals surface area contributed by atoms with E-state index in [-0.39, 0.29) is 18.0 Å². The number of hydrogen-bond donors (Lipinski definition) is 3. The van der Waals surface area contributed by atoms with E-state index in [9.17, 15) is 4.79 Å². The summed E-state index contributed by atoms with van der Waals surface area (Å²) < 4.78 is 0. The van der Waals surface area contributed by atoms with Gasteiger partial charge in [0.1, 0.15) is 5.82 Å². The van der Waals surface area contributed by atoms with Gasteiger partial charge in [0.2, 0.25) is 5.91 Å². The van der Waals surface area contributed by atoms with Crippen LogP contribution in [0.5, 0.6) is 0 Å². The molecular formula is C16H20N4O. The van der Waals surface area contributed by atoms with Crippen molar-refractivity contribution in [1.82, 2.24) is 20.6 Å². The minimum absolute atomic E-state index is 0.0350. The Morgan fingerprint density at radius 1 is 1.43 bits per heavy atom. The van der Waals surface area contributed by atoms with Crippen molar-refractivity contribution in [3.63, 3.8) is 0 Å². The predicted octanol–water partition coefficient (Wildman–Crippen LogP) is 1.69. The number of nitrogens with one attached hydrogen (secondary N) is 3. The van der Waals surface area contributed by atoms with Crippen molar-refractivity contribution < 1.29 is 4.79 Å². The van der Waals surface area contributed by atoms with Crippen LogP contribution in [0.1, 0.15) is 36.3 Å². The lowest BCUT2D eigenvalue weighted by Crippen LogP contribution is -2.48. The molecule has 1 aliphatic rings. The number of fused-ring (bicyclic) bond motifs is 1. The fraction of sp³-hybridized carbons (Fsp3) is 0.375. The molecule has 5 nitrogen and oxygen atoms in total. The first-order chi connectivity index (χ1) is 10.3. The van der Waals surface area contributed by atoms with Crippen molar-refractivity contribution in [2.24, 2.45) is 0 Å². The zero-order valence-electron chi connectivity index (χ0n) is 12.1. The standard InChI is InChI=1S/C16H20N4O/c1-2-13(15-17-7-8-18-15)20-16(21)14-9-11-5-3-4-6-12(11)10-19-14/h3-8,13-14,19H,2,9-10H2,1H3,(H,17,18)(H,20,21)/t13?,14-/m1/s1. The Morgan fingerprint density at radius 3 is 2.95 bits per heavy atom. The van der Waals surface area contributed by atoms with Gasteiger partial charge in [-0.3, -0.25) is 4.79 Å². The van der Waals surface area contributed by atoms with Crippen LogP contribution < -0.4 is 10.6 Å². The van der Waals surface area contributed by atoms with Crippen LogP contribution in [-0.4, -0.2) is 21.9 Å². The second kappa shape index (κ2) is 6.10. The highest BCUT2D eigenvalue weighted by molar-refractivity contribution is 5.82. The van der Waals surface area contributed by atoms with Crippen molar-refractivity contribution >= 4 is 5.91 Å². The Kier molecular flexibility index (Phi) is 4.01. The zero-order chi connectivity index (χ0) is 14.7. The number of nitrogens with zero attached hydrogens (tertiary/aromatic N) is 1. The number of amides is 1. The second-order valence-electron chi connectivity index (χ2n) is 5.35. The first-order valence-corrected chi connectivity index (χ1v) is 7.37. The molecule has 0 spiro atoms. The first-order valence-electron chi connectivity index (χ1n) is 7.37. The van der Waals surface area contributed by atoms with E-state index in [1.807, 2.05) is 19.1 Å². The molecule has 5 heteroatoms. The lowest BCUT2D eigenvalue weighted by atomic mass is 9.95. The number of aromatic amines is 1. The molecule has 0 radical (unpaired) electrons. The van der Waals surface area contributed by atoms with Crippen molar-refractivity contribution in [1.29, 1.82) is 0 Å². The molecule has 1 amide bonds. The fourth-order valence-electron chi connectivity index (χ4n) is 2.74. The maximum absolute atomic E-state index is 12.5. The number of imidazole rings is 1. The molecule has 1 aromatic heterocycles. The molecule has 0 saturated heterocycles. The highest BCUT2D eigenvalue weighted by Gasteiger charge is 2.26. The van der Waals surface area contributed by atoms with Gasteiger partial charge in [0, 0.05) is 18.9 Å². The highest BCUT2D eigenvalue weighted by atomic mass is 16.2. The SMILES string of the molecule is CCC(NC(=O)[C@H]1Cc2ccccc2CN1)c1ncc[nH]1. The van der Waals surface area contributed by atoms with E-state index in [2.05, 4.69) is 32.7 Å². The van der Waals surface area contributed by atoms with Crippen LogP contribution in [0.25, 0.3) is 0 Å². The van der Waals surface area contributed by atoms with Gasteiger partial charge in [-0.15, -0.1) is 0 Å². The topological polar surface area (TPSA) is 69.8 Å². The van der Waals surface area contributed by atoms with Crippen LogP contribution in [-0.2, 0) is 17.8 Å². The Labute approximate surface area is 124 Å². The fourth-order valence-corrected chi connectivity index (χ4v) is 2.74. The van der Waals surface area contributed by atoms with E-state index in [1.54, 1.807) is 12.4 Å². The molecule has 0 saturated carbocycles. The molecule has 110 valence electrons. The summed E-state index contributed by atoms with van der Waals surface area (Å²) >= 11 is 0. The molecule has 1 aliphatic heterocycles. The summed E-state index contributed by atoms with van der Waals surface area (Å²) in [6.07, 6.45) is 5.03. The summed E-state index contributed by atoms with van der Waals surface area (Å²) in [7, 11) is 0. The number of H-pyrrole nitrogens is 1. The van der Waals surface area contributed by atoms with Crippen LogP contribution in [0.3, 0.4) is 0 Å². The lowest BCUT2D eigenvalue weighted by Gasteiger charge is -2.27. The van der Waals surface area contributed by atoms with Gasteiger partial charge in [-0.1, -0.05) is 31.2 Å². The third kappa shape index (κ3) is 2.97. The number of hydrogen-bond acceptors (Lipinski definition) is 3. The Bertz CT molecular complexity index is 608. The maximum Gasteiger partial charge on any atom is 0.238 e. The van der Waals surface area contributed by atoms with Gasteiger partial charge in [-0.25, -0.2) is 4.98 Å². The van der Waals surface area contributed by atoms with Crippen LogP contribution >= 0.6 is 0 Å². The first kappa shape index (κ1) is 13.8. The van der Waals surface area contributed by atoms with Crippen molar-refractivity contribution in [2.75, 3.05) is 0 Å². The molecule has 1 aromatic carbocycles. The highest BCUT2D eigenvalue weighted by Crippen LogP contribution is 2.18. The molecule has 2 atom stereocenters. The summed E-state index contributed by atoms with van der Waals surface area (Å²) in [5, 5.41) is 6.38. The van der Waals surface area contributed by atoms with E-state index in [0.29, 0.717) is 0 Å². The van der Waals surface area contributed by atoms with Crippen molar-refractivity contribution in [3.05, 3.63) is 53.6 Å². The van der Waals surface area contributed by atoms with Crippen molar-refractivity contribution in [3.8, 4) is 0 Å². The van der Waals surface area contributed by atoms with Gasteiger partial charge in [-0.2, -0.15) is 0 Å². The molecular weight excluding hydrogens is 264 g/mol. The van der Waals surface area contributed by atoms with Crippen LogP contribution in [0, 0.1) is 0 Å². The zero-order valence-corrected chi connectivity index (χ0v) is 12.1. The molecule has 2 heterocycles. The second-order valence-corrected chi connectivity index (χ2v) is 5.35. The van der Waals surface area contributed by atoms with Crippen molar-refractivity contribution in [2.45, 2.75) is 38.4 Å². The third-order valence-corrected chi connectivity index (χ3v) is 3.97. The van der Waals surface area contributed by atoms with E-state index in [4.69, 9.17) is 0 Å². The Hall–Kier alpha value is -2.14. The molecule has 3 N–H and O–H groups in total. The summed E-state index contributed by atoms with van der Waals surface area (Å²) in [6.45, 7) is 2.78. The average molecular weight is 284 g/mol. The van der Waals surface area contributed by atoms with Gasteiger partial charge in [-0.05, 0) is 24.0 Å². The Morgan fingerprint density at radius 2 is 2.24 bits per heavy atom. The molecule has 1 unspecified atom stereocenters. The van der Waals surface area contributed by atoms with E-state index >= 15 is 0 Å². The number of rotatable bonds is 4. The van der Waals surface area contributed by atoms with Gasteiger partial charge in [0.15, 0.2) is 0 Å². The minimum Gasteiger partial charge on any atom is -0.347 e. The smallest absolute Gasteiger partial charge is 0.238 e. The average Bonchev–Trinajstić information content (AvgIpc) is 3.06. The lowest BCUT2D eigenvalue weighted by molar-refractivity contribution is -0.124. The van der Waals surface area contributed by atoms with E-state index in [0.717, 1.165) is 25.2 Å². The minimum atomic E-state index is -0.177. The largest absolute Gasteiger partial charge is 0.347 e. The Balaban J connectivity index is 1.66. The predicted molar refractivity (Wildman–Crippen MR) is 80.5 cm³/mol. The number of carbonyl (C=O) groups excluding carboxylic acids is 1. The molecule has 2 aromatic rings. The summed E-state index contributed by atoms with van der Waals surface area (Å²) in [5.74, 6) is 0.842. The number of aromatic nitrogens is 2. The molecule has 0 fully saturated rings. The summed E-state index contributed by atoms with van der Waals surface area (Å²) in [4.78, 5) is 19.8. The van der Waals surface area contributed by atoms with E-state index in [1.165, 1.54) is 11.1 Å². The monoisotopic (exact) mass is 284 g/mol. The van der Waals surface area contributed by atoms with Gasteiger partial charge in [0.25, 0.3) is 0 Å². The summed E-state index contributed by atoms with van der Waals surface area (Å²) in [6, 6.07) is 8.02. The van der Waals surface area contributed by atoms with Gasteiger partial charge >= 0.3 is 0 Å².